The highest BCUT2D eigenvalue weighted by Gasteiger charge is 2.26. The molecule has 1 unspecified atom stereocenters. The lowest BCUT2D eigenvalue weighted by Gasteiger charge is -2.34. The van der Waals surface area contributed by atoms with E-state index < -0.39 is 5.97 Å². The van der Waals surface area contributed by atoms with E-state index in [0.29, 0.717) is 18.8 Å². The maximum absolute atomic E-state index is 10.9. The molecule has 2 aromatic rings. The molecule has 1 atom stereocenters. The van der Waals surface area contributed by atoms with Crippen molar-refractivity contribution in [3.63, 3.8) is 0 Å². The van der Waals surface area contributed by atoms with Crippen LogP contribution in [0, 0.1) is 6.92 Å². The molecule has 1 N–H and O–H groups in total. The van der Waals surface area contributed by atoms with E-state index in [2.05, 4.69) is 15.3 Å². The average Bonchev–Trinajstić information content (AvgIpc) is 2.95. The van der Waals surface area contributed by atoms with Gasteiger partial charge in [-0.05, 0) is 24.6 Å². The summed E-state index contributed by atoms with van der Waals surface area (Å²) in [7, 11) is 0. The molecule has 22 heavy (non-hydrogen) atoms. The lowest BCUT2D eigenvalue weighted by Crippen LogP contribution is -2.39. The van der Waals surface area contributed by atoms with Crippen LogP contribution in [0.15, 0.2) is 29.6 Å². The number of aromatic nitrogens is 1. The van der Waals surface area contributed by atoms with Gasteiger partial charge in [0.15, 0.2) is 0 Å². The van der Waals surface area contributed by atoms with Crippen LogP contribution in [0.2, 0.25) is 0 Å². The molecule has 1 aliphatic rings. The predicted octanol–water partition coefficient (Wildman–Crippen LogP) is 2.72. The molecule has 1 aliphatic heterocycles. The van der Waals surface area contributed by atoms with Crippen molar-refractivity contribution in [3.05, 3.63) is 51.5 Å². The molecule has 6 heteroatoms. The largest absolute Gasteiger partial charge is 0.478 e. The Morgan fingerprint density at radius 3 is 2.86 bits per heavy atom. The molecule has 2 heterocycles. The van der Waals surface area contributed by atoms with Crippen molar-refractivity contribution in [2.45, 2.75) is 19.5 Å². The van der Waals surface area contributed by atoms with Gasteiger partial charge < -0.3 is 9.84 Å². The summed E-state index contributed by atoms with van der Waals surface area (Å²) in [4.78, 5) is 17.8. The van der Waals surface area contributed by atoms with Crippen molar-refractivity contribution in [2.75, 3.05) is 19.8 Å². The lowest BCUT2D eigenvalue weighted by atomic mass is 10.1. The molecular formula is C16H18N2O3S. The second-order valence-corrected chi connectivity index (χ2v) is 6.28. The summed E-state index contributed by atoms with van der Waals surface area (Å²) in [6.45, 7) is 4.99. The first-order chi connectivity index (χ1) is 10.6. The molecule has 5 nitrogen and oxygen atoms in total. The number of ether oxygens (including phenoxy) is 1. The van der Waals surface area contributed by atoms with Crippen LogP contribution < -0.4 is 0 Å². The fourth-order valence-corrected chi connectivity index (χ4v) is 3.48. The second kappa shape index (κ2) is 6.56. The molecule has 0 spiro atoms. The number of rotatable bonds is 4. The molecular weight excluding hydrogens is 300 g/mol. The number of hydrogen-bond acceptors (Lipinski definition) is 5. The first-order valence-electron chi connectivity index (χ1n) is 7.19. The number of benzene rings is 1. The van der Waals surface area contributed by atoms with Crippen LogP contribution in [-0.4, -0.2) is 40.7 Å². The Balaban J connectivity index is 1.75. The molecule has 0 amide bonds. The Hall–Kier alpha value is -1.76. The summed E-state index contributed by atoms with van der Waals surface area (Å²) in [6.07, 6.45) is 0. The van der Waals surface area contributed by atoms with E-state index in [1.165, 1.54) is 0 Å². The number of carboxylic acids is 1. The van der Waals surface area contributed by atoms with Gasteiger partial charge in [0.25, 0.3) is 0 Å². The molecule has 1 saturated heterocycles. The summed E-state index contributed by atoms with van der Waals surface area (Å²) in [5.74, 6) is -0.894. The third-order valence-electron chi connectivity index (χ3n) is 3.75. The highest BCUT2D eigenvalue weighted by Crippen LogP contribution is 2.28. The maximum atomic E-state index is 10.9. The monoisotopic (exact) mass is 318 g/mol. The van der Waals surface area contributed by atoms with Crippen LogP contribution >= 0.6 is 11.3 Å². The zero-order valence-electron chi connectivity index (χ0n) is 12.4. The van der Waals surface area contributed by atoms with Crippen LogP contribution in [0.1, 0.15) is 32.7 Å². The normalized spacial score (nSPS) is 19.2. The first-order valence-corrected chi connectivity index (χ1v) is 8.07. The van der Waals surface area contributed by atoms with Crippen molar-refractivity contribution < 1.29 is 14.6 Å². The quantitative estimate of drug-likeness (QED) is 0.939. The highest BCUT2D eigenvalue weighted by atomic mass is 32.1. The van der Waals surface area contributed by atoms with Crippen molar-refractivity contribution >= 4 is 17.3 Å². The first kappa shape index (κ1) is 15.1. The summed E-state index contributed by atoms with van der Waals surface area (Å²) >= 11 is 1.67. The minimum atomic E-state index is -0.894. The number of aromatic carboxylic acids is 1. The van der Waals surface area contributed by atoms with Gasteiger partial charge >= 0.3 is 5.97 Å². The van der Waals surface area contributed by atoms with Gasteiger partial charge in [-0.25, -0.2) is 9.78 Å². The molecule has 0 radical (unpaired) electrons. The highest BCUT2D eigenvalue weighted by molar-refractivity contribution is 7.09. The summed E-state index contributed by atoms with van der Waals surface area (Å²) in [5, 5.41) is 12.1. The van der Waals surface area contributed by atoms with Gasteiger partial charge in [-0.3, -0.25) is 4.90 Å². The molecule has 0 bridgehead atoms. The standard InChI is InChI=1S/C16H18N2O3S/c1-11-10-22-15(17-11)14-9-21-7-6-18(14)8-12-2-4-13(5-3-12)16(19)20/h2-5,10,14H,6-9H2,1H3,(H,19,20). The number of nitrogens with zero attached hydrogens (tertiary/aromatic N) is 2. The van der Waals surface area contributed by atoms with E-state index in [0.717, 1.165) is 29.4 Å². The minimum absolute atomic E-state index is 0.173. The maximum Gasteiger partial charge on any atom is 0.335 e. The van der Waals surface area contributed by atoms with Crippen molar-refractivity contribution in [1.29, 1.82) is 0 Å². The number of thiazole rings is 1. The predicted molar refractivity (Wildman–Crippen MR) is 84.2 cm³/mol. The molecule has 3 rings (SSSR count). The molecule has 0 aliphatic carbocycles. The molecule has 1 aromatic carbocycles. The Labute approximate surface area is 133 Å². The minimum Gasteiger partial charge on any atom is -0.478 e. The number of morpholine rings is 1. The van der Waals surface area contributed by atoms with Gasteiger partial charge in [0.1, 0.15) is 5.01 Å². The lowest BCUT2D eigenvalue weighted by molar-refractivity contribution is -0.0128. The molecule has 0 saturated carbocycles. The SMILES string of the molecule is Cc1csc(C2COCCN2Cc2ccc(C(=O)O)cc2)n1. The second-order valence-electron chi connectivity index (χ2n) is 5.39. The van der Waals surface area contributed by atoms with Crippen LogP contribution in [0.5, 0.6) is 0 Å². The zero-order valence-corrected chi connectivity index (χ0v) is 13.2. The van der Waals surface area contributed by atoms with E-state index in [-0.39, 0.29) is 6.04 Å². The molecule has 1 fully saturated rings. The third-order valence-corrected chi connectivity index (χ3v) is 4.81. The Morgan fingerprint density at radius 2 is 2.23 bits per heavy atom. The molecule has 116 valence electrons. The number of aryl methyl sites for hydroxylation is 1. The zero-order chi connectivity index (χ0) is 15.5. The average molecular weight is 318 g/mol. The summed E-state index contributed by atoms with van der Waals surface area (Å²) < 4.78 is 5.61. The number of carbonyl (C=O) groups is 1. The Kier molecular flexibility index (Phi) is 4.52. The Bertz CT molecular complexity index is 654. The van der Waals surface area contributed by atoms with E-state index >= 15 is 0 Å². The fraction of sp³-hybridized carbons (Fsp3) is 0.375. The topological polar surface area (TPSA) is 62.7 Å². The van der Waals surface area contributed by atoms with Gasteiger partial charge in [0, 0.05) is 24.2 Å². The van der Waals surface area contributed by atoms with Crippen LogP contribution in [0.25, 0.3) is 0 Å². The smallest absolute Gasteiger partial charge is 0.335 e. The van der Waals surface area contributed by atoms with Crippen molar-refractivity contribution in [3.8, 4) is 0 Å². The van der Waals surface area contributed by atoms with Crippen LogP contribution in [0.4, 0.5) is 0 Å². The van der Waals surface area contributed by atoms with E-state index in [9.17, 15) is 4.79 Å². The van der Waals surface area contributed by atoms with Gasteiger partial charge in [-0.1, -0.05) is 12.1 Å². The van der Waals surface area contributed by atoms with E-state index in [4.69, 9.17) is 9.84 Å². The number of carboxylic acid groups (broad SMARTS) is 1. The van der Waals surface area contributed by atoms with E-state index in [1.54, 1.807) is 23.5 Å². The van der Waals surface area contributed by atoms with Crippen LogP contribution in [-0.2, 0) is 11.3 Å². The number of hydrogen-bond donors (Lipinski definition) is 1. The van der Waals surface area contributed by atoms with Crippen molar-refractivity contribution in [2.24, 2.45) is 0 Å². The fourth-order valence-electron chi connectivity index (χ4n) is 2.57. The molecule has 1 aromatic heterocycles. The van der Waals surface area contributed by atoms with Gasteiger partial charge in [0.05, 0.1) is 24.8 Å². The van der Waals surface area contributed by atoms with Gasteiger partial charge in [-0.15, -0.1) is 11.3 Å². The van der Waals surface area contributed by atoms with Gasteiger partial charge in [-0.2, -0.15) is 0 Å². The Morgan fingerprint density at radius 1 is 1.45 bits per heavy atom. The van der Waals surface area contributed by atoms with E-state index in [1.807, 2.05) is 19.1 Å². The summed E-state index contributed by atoms with van der Waals surface area (Å²) in [5.41, 5.74) is 2.46. The van der Waals surface area contributed by atoms with Crippen LogP contribution in [0.3, 0.4) is 0 Å². The van der Waals surface area contributed by atoms with Gasteiger partial charge in [0.2, 0.25) is 0 Å². The summed E-state index contributed by atoms with van der Waals surface area (Å²) in [6, 6.07) is 7.24. The third kappa shape index (κ3) is 3.35. The van der Waals surface area contributed by atoms with Crippen molar-refractivity contribution in [1.82, 2.24) is 9.88 Å².